The first-order chi connectivity index (χ1) is 9.66. The van der Waals surface area contributed by atoms with Crippen LogP contribution in [0.3, 0.4) is 0 Å². The first kappa shape index (κ1) is 15.0. The molecule has 1 saturated carbocycles. The van der Waals surface area contributed by atoms with Gasteiger partial charge in [-0.15, -0.1) is 0 Å². The summed E-state index contributed by atoms with van der Waals surface area (Å²) in [6.07, 6.45) is 5.40. The van der Waals surface area contributed by atoms with Crippen molar-refractivity contribution in [1.82, 2.24) is 0 Å². The quantitative estimate of drug-likeness (QED) is 0.893. The Bertz CT molecular complexity index is 447. The van der Waals surface area contributed by atoms with Crippen LogP contribution in [-0.2, 0) is 11.3 Å². The summed E-state index contributed by atoms with van der Waals surface area (Å²) in [5.41, 5.74) is 7.60. The molecule has 3 heteroatoms. The molecule has 20 heavy (non-hydrogen) atoms. The molecule has 1 fully saturated rings. The average Bonchev–Trinajstić information content (AvgIpc) is 2.98. The minimum atomic E-state index is -0.122. The SMILES string of the molecule is CCN(C(=O)C1(CC)CCCC1)c1ccc(CN)cc1. The Morgan fingerprint density at radius 3 is 2.25 bits per heavy atom. The number of carbonyl (C=O) groups is 1. The minimum Gasteiger partial charge on any atom is -0.326 e. The molecular weight excluding hydrogens is 248 g/mol. The molecule has 0 heterocycles. The van der Waals surface area contributed by atoms with Crippen LogP contribution in [0.5, 0.6) is 0 Å². The van der Waals surface area contributed by atoms with E-state index in [9.17, 15) is 4.79 Å². The number of benzene rings is 1. The van der Waals surface area contributed by atoms with Gasteiger partial charge in [0.15, 0.2) is 0 Å². The Kier molecular flexibility index (Phi) is 4.81. The van der Waals surface area contributed by atoms with E-state index in [-0.39, 0.29) is 5.41 Å². The normalized spacial score (nSPS) is 17.1. The second kappa shape index (κ2) is 6.40. The van der Waals surface area contributed by atoms with Crippen LogP contribution in [0.1, 0.15) is 51.5 Å². The summed E-state index contributed by atoms with van der Waals surface area (Å²) in [6, 6.07) is 8.06. The van der Waals surface area contributed by atoms with E-state index in [1.54, 1.807) is 0 Å². The Morgan fingerprint density at radius 1 is 1.20 bits per heavy atom. The first-order valence-electron chi connectivity index (χ1n) is 7.78. The largest absolute Gasteiger partial charge is 0.326 e. The van der Waals surface area contributed by atoms with E-state index in [0.29, 0.717) is 12.5 Å². The molecule has 1 amide bonds. The van der Waals surface area contributed by atoms with Crippen molar-refractivity contribution in [1.29, 1.82) is 0 Å². The lowest BCUT2D eigenvalue weighted by Crippen LogP contribution is -2.42. The van der Waals surface area contributed by atoms with Crippen molar-refractivity contribution in [3.63, 3.8) is 0 Å². The summed E-state index contributed by atoms with van der Waals surface area (Å²) in [5.74, 6) is 0.306. The van der Waals surface area contributed by atoms with Gasteiger partial charge in [0, 0.05) is 24.2 Å². The number of anilines is 1. The number of hydrogen-bond acceptors (Lipinski definition) is 2. The molecule has 0 atom stereocenters. The molecule has 2 rings (SSSR count). The van der Waals surface area contributed by atoms with Gasteiger partial charge in [0.2, 0.25) is 5.91 Å². The van der Waals surface area contributed by atoms with Crippen molar-refractivity contribution < 1.29 is 4.79 Å². The van der Waals surface area contributed by atoms with Crippen molar-refractivity contribution >= 4 is 11.6 Å². The summed E-state index contributed by atoms with van der Waals surface area (Å²) >= 11 is 0. The number of nitrogens with two attached hydrogens (primary N) is 1. The van der Waals surface area contributed by atoms with Gasteiger partial charge in [-0.2, -0.15) is 0 Å². The molecule has 0 aliphatic heterocycles. The number of nitrogens with zero attached hydrogens (tertiary/aromatic N) is 1. The third kappa shape index (κ3) is 2.73. The van der Waals surface area contributed by atoms with Gasteiger partial charge >= 0.3 is 0 Å². The smallest absolute Gasteiger partial charge is 0.233 e. The highest BCUT2D eigenvalue weighted by Crippen LogP contribution is 2.43. The maximum atomic E-state index is 13.0. The summed E-state index contributed by atoms with van der Waals surface area (Å²) in [4.78, 5) is 14.9. The topological polar surface area (TPSA) is 46.3 Å². The Labute approximate surface area is 122 Å². The summed E-state index contributed by atoms with van der Waals surface area (Å²) in [6.45, 7) is 5.46. The predicted octanol–water partition coefficient (Wildman–Crippen LogP) is 3.47. The van der Waals surface area contributed by atoms with Gasteiger partial charge in [-0.25, -0.2) is 0 Å². The Morgan fingerprint density at radius 2 is 1.80 bits per heavy atom. The third-order valence-corrected chi connectivity index (χ3v) is 4.74. The standard InChI is InChI=1S/C17H26N2O/c1-3-17(11-5-6-12-17)16(20)19(4-2)15-9-7-14(13-18)8-10-15/h7-10H,3-6,11-13,18H2,1-2H3. The van der Waals surface area contributed by atoms with Gasteiger partial charge in [0.25, 0.3) is 0 Å². The Balaban J connectivity index is 2.24. The van der Waals surface area contributed by atoms with E-state index >= 15 is 0 Å². The van der Waals surface area contributed by atoms with Crippen LogP contribution in [0.4, 0.5) is 5.69 Å². The molecule has 2 N–H and O–H groups in total. The average molecular weight is 274 g/mol. The van der Waals surface area contributed by atoms with Crippen molar-refractivity contribution in [2.24, 2.45) is 11.1 Å². The van der Waals surface area contributed by atoms with Crippen LogP contribution in [-0.4, -0.2) is 12.5 Å². The highest BCUT2D eigenvalue weighted by molar-refractivity contribution is 5.97. The van der Waals surface area contributed by atoms with Gasteiger partial charge in [0.05, 0.1) is 0 Å². The van der Waals surface area contributed by atoms with Gasteiger partial charge in [-0.1, -0.05) is 31.9 Å². The highest BCUT2D eigenvalue weighted by atomic mass is 16.2. The fourth-order valence-corrected chi connectivity index (χ4v) is 3.31. The van der Waals surface area contributed by atoms with Crippen LogP contribution >= 0.6 is 0 Å². The summed E-state index contributed by atoms with van der Waals surface area (Å²) in [7, 11) is 0. The molecule has 0 aromatic heterocycles. The van der Waals surface area contributed by atoms with E-state index in [1.807, 2.05) is 36.1 Å². The van der Waals surface area contributed by atoms with Crippen molar-refractivity contribution in [3.05, 3.63) is 29.8 Å². The number of rotatable bonds is 5. The van der Waals surface area contributed by atoms with Crippen LogP contribution in [0, 0.1) is 5.41 Å². The van der Waals surface area contributed by atoms with E-state index < -0.39 is 0 Å². The van der Waals surface area contributed by atoms with E-state index in [1.165, 1.54) is 12.8 Å². The molecule has 0 bridgehead atoms. The van der Waals surface area contributed by atoms with Crippen LogP contribution in [0.2, 0.25) is 0 Å². The van der Waals surface area contributed by atoms with Gasteiger partial charge in [-0.3, -0.25) is 4.79 Å². The molecule has 0 radical (unpaired) electrons. The van der Waals surface area contributed by atoms with Crippen molar-refractivity contribution in [2.75, 3.05) is 11.4 Å². The molecule has 1 aromatic rings. The van der Waals surface area contributed by atoms with E-state index in [2.05, 4.69) is 6.92 Å². The van der Waals surface area contributed by atoms with E-state index in [4.69, 9.17) is 5.73 Å². The zero-order chi connectivity index (χ0) is 14.6. The second-order valence-electron chi connectivity index (χ2n) is 5.76. The summed E-state index contributed by atoms with van der Waals surface area (Å²) in [5, 5.41) is 0. The van der Waals surface area contributed by atoms with Gasteiger partial charge in [0.1, 0.15) is 0 Å². The molecule has 0 unspecified atom stereocenters. The number of amides is 1. The predicted molar refractivity (Wildman–Crippen MR) is 83.6 cm³/mol. The fraction of sp³-hybridized carbons (Fsp3) is 0.588. The van der Waals surface area contributed by atoms with Crippen LogP contribution < -0.4 is 10.6 Å². The zero-order valence-electron chi connectivity index (χ0n) is 12.7. The fourth-order valence-electron chi connectivity index (χ4n) is 3.31. The lowest BCUT2D eigenvalue weighted by Gasteiger charge is -2.33. The maximum absolute atomic E-state index is 13.0. The number of carbonyl (C=O) groups excluding carboxylic acids is 1. The Hall–Kier alpha value is -1.35. The molecule has 3 nitrogen and oxygen atoms in total. The minimum absolute atomic E-state index is 0.122. The summed E-state index contributed by atoms with van der Waals surface area (Å²) < 4.78 is 0. The second-order valence-corrected chi connectivity index (χ2v) is 5.76. The van der Waals surface area contributed by atoms with Crippen LogP contribution in [0.25, 0.3) is 0 Å². The third-order valence-electron chi connectivity index (χ3n) is 4.74. The molecule has 1 aliphatic rings. The molecule has 110 valence electrons. The maximum Gasteiger partial charge on any atom is 0.233 e. The molecule has 0 spiro atoms. The molecule has 0 saturated heterocycles. The lowest BCUT2D eigenvalue weighted by atomic mass is 9.81. The lowest BCUT2D eigenvalue weighted by molar-refractivity contribution is -0.128. The van der Waals surface area contributed by atoms with E-state index in [0.717, 1.165) is 37.1 Å². The molecular formula is C17H26N2O. The number of hydrogen-bond donors (Lipinski definition) is 1. The van der Waals surface area contributed by atoms with Gasteiger partial charge in [-0.05, 0) is 43.9 Å². The molecule has 1 aliphatic carbocycles. The first-order valence-corrected chi connectivity index (χ1v) is 7.78. The monoisotopic (exact) mass is 274 g/mol. The van der Waals surface area contributed by atoms with Gasteiger partial charge < -0.3 is 10.6 Å². The van der Waals surface area contributed by atoms with Crippen molar-refractivity contribution in [3.8, 4) is 0 Å². The van der Waals surface area contributed by atoms with Crippen LogP contribution in [0.15, 0.2) is 24.3 Å². The molecule has 1 aromatic carbocycles. The van der Waals surface area contributed by atoms with Crippen molar-refractivity contribution in [2.45, 2.75) is 52.5 Å². The highest BCUT2D eigenvalue weighted by Gasteiger charge is 2.41. The zero-order valence-corrected chi connectivity index (χ0v) is 12.7.